The van der Waals surface area contributed by atoms with Crippen LogP contribution in [0.5, 0.6) is 5.75 Å². The molecule has 0 aliphatic heterocycles. The Morgan fingerprint density at radius 2 is 1.62 bits per heavy atom. The van der Waals surface area contributed by atoms with Gasteiger partial charge >= 0.3 is 10.2 Å². The minimum absolute atomic E-state index is 0.395. The van der Waals surface area contributed by atoms with Gasteiger partial charge in [0.25, 0.3) is 0 Å². The number of hydrogen-bond acceptors (Lipinski definition) is 1. The van der Waals surface area contributed by atoms with Crippen LogP contribution in [-0.4, -0.2) is 3.98 Å². The molecule has 1 aromatic carbocycles. The molecule has 1 rings (SSSR count). The first-order chi connectivity index (χ1) is 7.09. The van der Waals surface area contributed by atoms with Gasteiger partial charge in [-0.05, 0) is 53.0 Å². The lowest BCUT2D eigenvalue weighted by Gasteiger charge is -2.15. The number of rotatable bonds is 1. The lowest BCUT2D eigenvalue weighted by atomic mass is 10.2. The summed E-state index contributed by atoms with van der Waals surface area (Å²) >= 11 is 15.6. The molecular formula is C8H3Cl3F4O. The molecule has 0 N–H and O–H groups in total. The molecule has 90 valence electrons. The molecule has 0 heterocycles. The molecule has 0 fully saturated rings. The Morgan fingerprint density at radius 3 is 2.06 bits per heavy atom. The number of ether oxygens (including phenoxy) is 1. The summed E-state index contributed by atoms with van der Waals surface area (Å²) in [5.74, 6) is -1.82. The quantitative estimate of drug-likeness (QED) is 0.546. The van der Waals surface area contributed by atoms with E-state index in [0.29, 0.717) is 12.1 Å². The highest BCUT2D eigenvalue weighted by Gasteiger charge is 2.35. The van der Waals surface area contributed by atoms with Crippen molar-refractivity contribution in [1.29, 1.82) is 0 Å². The van der Waals surface area contributed by atoms with E-state index >= 15 is 0 Å². The van der Waals surface area contributed by atoms with Crippen molar-refractivity contribution in [2.45, 2.75) is 10.2 Å². The zero-order valence-corrected chi connectivity index (χ0v) is 9.55. The molecule has 0 saturated carbocycles. The predicted octanol–water partition coefficient (Wildman–Crippen LogP) is 4.55. The lowest BCUT2D eigenvalue weighted by Crippen LogP contribution is -2.14. The molecule has 16 heavy (non-hydrogen) atoms. The fraction of sp³-hybridized carbons (Fsp3) is 0.250. The Labute approximate surface area is 103 Å². The van der Waals surface area contributed by atoms with E-state index in [1.807, 2.05) is 0 Å². The molecule has 0 amide bonds. The Bertz CT molecular complexity index is 386. The molecule has 0 radical (unpaired) electrons. The molecule has 0 bridgehead atoms. The fourth-order valence-electron chi connectivity index (χ4n) is 0.919. The van der Waals surface area contributed by atoms with Crippen LogP contribution in [0.1, 0.15) is 5.56 Å². The second-order valence-corrected chi connectivity index (χ2v) is 4.86. The van der Waals surface area contributed by atoms with Crippen LogP contribution in [0.2, 0.25) is 0 Å². The van der Waals surface area contributed by atoms with Crippen LogP contribution in [0.3, 0.4) is 0 Å². The first-order valence-electron chi connectivity index (χ1n) is 3.72. The molecule has 1 aromatic rings. The highest BCUT2D eigenvalue weighted by atomic mass is 35.6. The van der Waals surface area contributed by atoms with Gasteiger partial charge in [0.15, 0.2) is 0 Å². The first kappa shape index (κ1) is 13.7. The Kier molecular flexibility index (Phi) is 3.82. The number of benzene rings is 1. The van der Waals surface area contributed by atoms with Gasteiger partial charge in [-0.1, -0.05) is 0 Å². The van der Waals surface area contributed by atoms with Gasteiger partial charge in [-0.2, -0.15) is 13.2 Å². The third kappa shape index (κ3) is 3.88. The molecule has 0 spiro atoms. The number of alkyl halides is 6. The number of hydrogen-bond donors (Lipinski definition) is 0. The maximum absolute atomic E-state index is 12.8. The third-order valence-corrected chi connectivity index (χ3v) is 1.71. The molecule has 0 atom stereocenters. The lowest BCUT2D eigenvalue weighted by molar-refractivity contribution is -0.140. The fourth-order valence-corrected chi connectivity index (χ4v) is 1.19. The van der Waals surface area contributed by atoms with E-state index in [4.69, 9.17) is 34.8 Å². The van der Waals surface area contributed by atoms with Crippen LogP contribution in [0.15, 0.2) is 18.2 Å². The van der Waals surface area contributed by atoms with Gasteiger partial charge in [-0.25, -0.2) is 4.39 Å². The van der Waals surface area contributed by atoms with Crippen molar-refractivity contribution in [2.24, 2.45) is 0 Å². The molecule has 8 heteroatoms. The van der Waals surface area contributed by atoms with Gasteiger partial charge in [0.05, 0.1) is 5.56 Å². The molecule has 1 nitrogen and oxygen atoms in total. The normalized spacial score (nSPS) is 12.7. The average Bonchev–Trinajstić information content (AvgIpc) is 2.04. The van der Waals surface area contributed by atoms with Gasteiger partial charge in [-0.3, -0.25) is 0 Å². The maximum atomic E-state index is 12.8. The molecule has 0 unspecified atom stereocenters. The summed E-state index contributed by atoms with van der Waals surface area (Å²) in [5, 5.41) is 0. The van der Waals surface area contributed by atoms with E-state index in [1.165, 1.54) is 0 Å². The average molecular weight is 297 g/mol. The van der Waals surface area contributed by atoms with Crippen LogP contribution in [-0.2, 0) is 6.18 Å². The monoisotopic (exact) mass is 296 g/mol. The summed E-state index contributed by atoms with van der Waals surface area (Å²) in [7, 11) is 0. The van der Waals surface area contributed by atoms with Crippen LogP contribution in [0.4, 0.5) is 17.6 Å². The van der Waals surface area contributed by atoms with E-state index in [9.17, 15) is 17.6 Å². The highest BCUT2D eigenvalue weighted by Crippen LogP contribution is 2.36. The van der Waals surface area contributed by atoms with Crippen molar-refractivity contribution in [3.05, 3.63) is 29.6 Å². The van der Waals surface area contributed by atoms with E-state index in [1.54, 1.807) is 0 Å². The van der Waals surface area contributed by atoms with E-state index < -0.39 is 27.3 Å². The summed E-state index contributed by atoms with van der Waals surface area (Å²) in [5.41, 5.74) is -1.49. The predicted molar refractivity (Wildman–Crippen MR) is 52.3 cm³/mol. The minimum Gasteiger partial charge on any atom is -0.446 e. The topological polar surface area (TPSA) is 9.23 Å². The Morgan fingerprint density at radius 1 is 1.06 bits per heavy atom. The van der Waals surface area contributed by atoms with E-state index in [0.717, 1.165) is 6.07 Å². The minimum atomic E-state index is -4.84. The van der Waals surface area contributed by atoms with Gasteiger partial charge < -0.3 is 4.74 Å². The summed E-state index contributed by atoms with van der Waals surface area (Å²) in [6.07, 6.45) is -4.84. The summed E-state index contributed by atoms with van der Waals surface area (Å²) in [6, 6.07) is 1.91. The SMILES string of the molecule is Fc1ccc(OC(Cl)(Cl)Cl)cc1C(F)(F)F. The van der Waals surface area contributed by atoms with Crippen molar-refractivity contribution >= 4 is 34.8 Å². The Balaban J connectivity index is 3.09. The standard InChI is InChI=1S/C8H3Cl3F4O/c9-8(10,11)16-4-1-2-6(12)5(3-4)7(13,14)15/h1-3H. The second-order valence-electron chi connectivity index (χ2n) is 2.69. The summed E-state index contributed by atoms with van der Waals surface area (Å²) in [6.45, 7) is 0. The van der Waals surface area contributed by atoms with Crippen LogP contribution < -0.4 is 4.74 Å². The number of halogens is 7. The largest absolute Gasteiger partial charge is 0.446 e. The van der Waals surface area contributed by atoms with Crippen molar-refractivity contribution in [1.82, 2.24) is 0 Å². The third-order valence-electron chi connectivity index (χ3n) is 1.48. The van der Waals surface area contributed by atoms with E-state index in [-0.39, 0.29) is 0 Å². The van der Waals surface area contributed by atoms with Crippen LogP contribution >= 0.6 is 34.8 Å². The van der Waals surface area contributed by atoms with Gasteiger partial charge in [-0.15, -0.1) is 0 Å². The summed E-state index contributed by atoms with van der Waals surface area (Å²) < 4.78 is 51.9. The molecule has 0 aliphatic rings. The van der Waals surface area contributed by atoms with Crippen molar-refractivity contribution in [2.75, 3.05) is 0 Å². The van der Waals surface area contributed by atoms with Crippen LogP contribution in [0.25, 0.3) is 0 Å². The molecule has 0 aromatic heterocycles. The molecule has 0 saturated heterocycles. The maximum Gasteiger partial charge on any atom is 0.419 e. The van der Waals surface area contributed by atoms with Gasteiger partial charge in [0.2, 0.25) is 0 Å². The smallest absolute Gasteiger partial charge is 0.419 e. The molecular weight excluding hydrogens is 294 g/mol. The summed E-state index contributed by atoms with van der Waals surface area (Å²) in [4.78, 5) is 0. The molecule has 0 aliphatic carbocycles. The second kappa shape index (κ2) is 4.47. The van der Waals surface area contributed by atoms with Crippen molar-refractivity contribution in [3.63, 3.8) is 0 Å². The zero-order valence-electron chi connectivity index (χ0n) is 7.29. The Hall–Kier alpha value is -0.390. The zero-order chi connectivity index (χ0) is 12.6. The highest BCUT2D eigenvalue weighted by molar-refractivity contribution is 6.66. The first-order valence-corrected chi connectivity index (χ1v) is 4.85. The van der Waals surface area contributed by atoms with Gasteiger partial charge in [0.1, 0.15) is 11.6 Å². The van der Waals surface area contributed by atoms with E-state index in [2.05, 4.69) is 4.74 Å². The van der Waals surface area contributed by atoms with Crippen LogP contribution in [0, 0.1) is 5.82 Å². The van der Waals surface area contributed by atoms with Crippen molar-refractivity contribution in [3.8, 4) is 5.75 Å². The van der Waals surface area contributed by atoms with Crippen molar-refractivity contribution < 1.29 is 22.3 Å². The van der Waals surface area contributed by atoms with Gasteiger partial charge in [0, 0.05) is 0 Å².